The van der Waals surface area contributed by atoms with Gasteiger partial charge in [-0.05, 0) is 43.2 Å². The molecule has 1 N–H and O–H groups in total. The normalized spacial score (nSPS) is 16.7. The molecule has 1 aliphatic rings. The summed E-state index contributed by atoms with van der Waals surface area (Å²) in [4.78, 5) is 23.1. The molecule has 0 saturated carbocycles. The number of hydrogen-bond acceptors (Lipinski definition) is 5. The van der Waals surface area contributed by atoms with E-state index >= 15 is 0 Å². The van der Waals surface area contributed by atoms with E-state index in [1.54, 1.807) is 6.20 Å². The number of anilines is 1. The predicted octanol–water partition coefficient (Wildman–Crippen LogP) is 5.13. The summed E-state index contributed by atoms with van der Waals surface area (Å²) < 4.78 is 5.85. The molecule has 1 fully saturated rings. The SMILES string of the molecule is CCC(C)COc1ccc(-c2cnc(C)c(CC(=O)O)c2N2CCC(C)(C)CC2)nc1. The van der Waals surface area contributed by atoms with Gasteiger partial charge >= 0.3 is 5.97 Å². The molecule has 0 spiro atoms. The Bertz CT molecular complexity index is 899. The maximum atomic E-state index is 11.6. The van der Waals surface area contributed by atoms with Crippen LogP contribution in [0.1, 0.15) is 58.2 Å². The number of hydrogen-bond donors (Lipinski definition) is 1. The highest BCUT2D eigenvalue weighted by Crippen LogP contribution is 2.39. The van der Waals surface area contributed by atoms with Crippen molar-refractivity contribution < 1.29 is 14.6 Å². The number of aromatic nitrogens is 2. The first-order valence-corrected chi connectivity index (χ1v) is 11.2. The molecule has 168 valence electrons. The van der Waals surface area contributed by atoms with Gasteiger partial charge in [0.1, 0.15) is 5.75 Å². The minimum absolute atomic E-state index is 0.0437. The molecule has 3 rings (SSSR count). The van der Waals surface area contributed by atoms with Gasteiger partial charge in [-0.2, -0.15) is 0 Å². The van der Waals surface area contributed by atoms with E-state index in [0.717, 1.165) is 66.3 Å². The number of piperidine rings is 1. The Balaban J connectivity index is 1.97. The monoisotopic (exact) mass is 425 g/mol. The number of nitrogens with zero attached hydrogens (tertiary/aromatic N) is 3. The Kier molecular flexibility index (Phi) is 7.19. The smallest absolute Gasteiger partial charge is 0.307 e. The summed E-state index contributed by atoms with van der Waals surface area (Å²) >= 11 is 0. The van der Waals surface area contributed by atoms with E-state index in [2.05, 4.69) is 42.6 Å². The summed E-state index contributed by atoms with van der Waals surface area (Å²) in [6.45, 7) is 13.2. The second-order valence-corrected chi connectivity index (χ2v) is 9.51. The third kappa shape index (κ3) is 5.75. The maximum absolute atomic E-state index is 11.6. The molecule has 0 aromatic carbocycles. The lowest BCUT2D eigenvalue weighted by Gasteiger charge is -2.40. The van der Waals surface area contributed by atoms with Gasteiger partial charge in [0.2, 0.25) is 0 Å². The molecule has 1 saturated heterocycles. The first kappa shape index (κ1) is 23.0. The summed E-state index contributed by atoms with van der Waals surface area (Å²) in [7, 11) is 0. The van der Waals surface area contributed by atoms with E-state index in [4.69, 9.17) is 4.74 Å². The van der Waals surface area contributed by atoms with E-state index in [-0.39, 0.29) is 6.42 Å². The van der Waals surface area contributed by atoms with Crippen LogP contribution in [0.15, 0.2) is 24.5 Å². The summed E-state index contributed by atoms with van der Waals surface area (Å²) in [5.41, 5.74) is 4.48. The fraction of sp³-hybridized carbons (Fsp3) is 0.560. The number of rotatable bonds is 8. The van der Waals surface area contributed by atoms with Crippen molar-refractivity contribution in [2.75, 3.05) is 24.6 Å². The van der Waals surface area contributed by atoms with Crippen LogP contribution in [0.5, 0.6) is 5.75 Å². The van der Waals surface area contributed by atoms with Crippen LogP contribution in [-0.2, 0) is 11.2 Å². The lowest BCUT2D eigenvalue weighted by Crippen LogP contribution is -2.38. The van der Waals surface area contributed by atoms with Gasteiger partial charge in [0.05, 0.1) is 30.6 Å². The molecular formula is C25H35N3O3. The van der Waals surface area contributed by atoms with Gasteiger partial charge in [-0.25, -0.2) is 0 Å². The topological polar surface area (TPSA) is 75.6 Å². The fourth-order valence-electron chi connectivity index (χ4n) is 3.86. The summed E-state index contributed by atoms with van der Waals surface area (Å²) in [6, 6.07) is 3.88. The number of carboxylic acids is 1. The molecule has 6 nitrogen and oxygen atoms in total. The van der Waals surface area contributed by atoms with Crippen LogP contribution in [0.3, 0.4) is 0 Å². The first-order valence-electron chi connectivity index (χ1n) is 11.2. The summed E-state index contributed by atoms with van der Waals surface area (Å²) in [5.74, 6) is 0.396. The third-order valence-corrected chi connectivity index (χ3v) is 6.37. The van der Waals surface area contributed by atoms with E-state index in [0.29, 0.717) is 17.9 Å². The lowest BCUT2D eigenvalue weighted by atomic mass is 9.82. The zero-order valence-electron chi connectivity index (χ0n) is 19.4. The average molecular weight is 426 g/mol. The minimum Gasteiger partial charge on any atom is -0.492 e. The van der Waals surface area contributed by atoms with Gasteiger partial charge in [-0.1, -0.05) is 34.1 Å². The van der Waals surface area contributed by atoms with Gasteiger partial charge in [0.15, 0.2) is 0 Å². The predicted molar refractivity (Wildman–Crippen MR) is 124 cm³/mol. The average Bonchev–Trinajstić information content (AvgIpc) is 2.74. The molecule has 2 aromatic heterocycles. The molecule has 0 radical (unpaired) electrons. The standard InChI is InChI=1S/C25H35N3O3/c1-6-17(2)16-31-19-7-8-22(27-14-19)21-15-26-18(3)20(13-23(29)30)24(21)28-11-9-25(4,5)10-12-28/h7-8,14-15,17H,6,9-13,16H2,1-5H3,(H,29,30). The molecule has 1 unspecified atom stereocenters. The van der Waals surface area contributed by atoms with Gasteiger partial charge in [0.25, 0.3) is 0 Å². The highest BCUT2D eigenvalue weighted by Gasteiger charge is 2.29. The highest BCUT2D eigenvalue weighted by atomic mass is 16.5. The van der Waals surface area contributed by atoms with E-state index < -0.39 is 5.97 Å². The second kappa shape index (κ2) is 9.67. The van der Waals surface area contributed by atoms with E-state index in [1.807, 2.05) is 25.3 Å². The number of carbonyl (C=O) groups is 1. The largest absolute Gasteiger partial charge is 0.492 e. The van der Waals surface area contributed by atoms with Crippen LogP contribution < -0.4 is 9.64 Å². The Labute approximate surface area is 185 Å². The van der Waals surface area contributed by atoms with Crippen LogP contribution in [0, 0.1) is 18.3 Å². The van der Waals surface area contributed by atoms with Crippen molar-refractivity contribution in [3.8, 4) is 17.0 Å². The molecule has 2 aromatic rings. The molecule has 1 aliphatic heterocycles. The van der Waals surface area contributed by atoms with Crippen LogP contribution in [0.2, 0.25) is 0 Å². The molecule has 6 heteroatoms. The van der Waals surface area contributed by atoms with Gasteiger partial charge in [-0.3, -0.25) is 14.8 Å². The minimum atomic E-state index is -0.845. The first-order chi connectivity index (χ1) is 14.7. The quantitative estimate of drug-likeness (QED) is 0.632. The summed E-state index contributed by atoms with van der Waals surface area (Å²) in [6.07, 6.45) is 6.74. The van der Waals surface area contributed by atoms with Crippen LogP contribution in [0.25, 0.3) is 11.3 Å². The second-order valence-electron chi connectivity index (χ2n) is 9.51. The number of aliphatic carboxylic acids is 1. The molecule has 0 bridgehead atoms. The van der Waals surface area contributed by atoms with Crippen LogP contribution in [0.4, 0.5) is 5.69 Å². The van der Waals surface area contributed by atoms with Gasteiger partial charge in [0, 0.05) is 36.1 Å². The molecule has 0 aliphatic carbocycles. The lowest BCUT2D eigenvalue weighted by molar-refractivity contribution is -0.136. The van der Waals surface area contributed by atoms with Gasteiger partial charge < -0.3 is 14.7 Å². The van der Waals surface area contributed by atoms with Crippen molar-refractivity contribution in [1.82, 2.24) is 9.97 Å². The zero-order chi connectivity index (χ0) is 22.6. The summed E-state index contributed by atoms with van der Waals surface area (Å²) in [5, 5.41) is 9.54. The van der Waals surface area contributed by atoms with Crippen molar-refractivity contribution in [3.05, 3.63) is 35.8 Å². The number of carboxylic acid groups (broad SMARTS) is 1. The Morgan fingerprint density at radius 2 is 1.94 bits per heavy atom. The maximum Gasteiger partial charge on any atom is 0.307 e. The van der Waals surface area contributed by atoms with Crippen molar-refractivity contribution in [2.45, 2.75) is 60.3 Å². The Morgan fingerprint density at radius 1 is 1.23 bits per heavy atom. The molecule has 31 heavy (non-hydrogen) atoms. The molecule has 3 heterocycles. The van der Waals surface area contributed by atoms with Crippen molar-refractivity contribution in [1.29, 1.82) is 0 Å². The number of pyridine rings is 2. The van der Waals surface area contributed by atoms with Crippen molar-refractivity contribution in [3.63, 3.8) is 0 Å². The zero-order valence-corrected chi connectivity index (χ0v) is 19.4. The molecular weight excluding hydrogens is 390 g/mol. The Hall–Kier alpha value is -2.63. The third-order valence-electron chi connectivity index (χ3n) is 6.37. The van der Waals surface area contributed by atoms with Crippen molar-refractivity contribution >= 4 is 11.7 Å². The number of aryl methyl sites for hydroxylation is 1. The van der Waals surface area contributed by atoms with Crippen LogP contribution >= 0.6 is 0 Å². The van der Waals surface area contributed by atoms with E-state index in [1.165, 1.54) is 0 Å². The highest BCUT2D eigenvalue weighted by molar-refractivity contribution is 5.83. The van der Waals surface area contributed by atoms with E-state index in [9.17, 15) is 9.90 Å². The fourth-order valence-corrected chi connectivity index (χ4v) is 3.86. The number of ether oxygens (including phenoxy) is 1. The van der Waals surface area contributed by atoms with Crippen molar-refractivity contribution in [2.24, 2.45) is 11.3 Å². The Morgan fingerprint density at radius 3 is 2.52 bits per heavy atom. The van der Waals surface area contributed by atoms with Gasteiger partial charge in [-0.15, -0.1) is 0 Å². The molecule has 0 amide bonds. The molecule has 1 atom stereocenters. The van der Waals surface area contributed by atoms with Crippen LogP contribution in [-0.4, -0.2) is 40.7 Å².